The van der Waals surface area contributed by atoms with Crippen LogP contribution in [-0.4, -0.2) is 23.4 Å². The lowest BCUT2D eigenvalue weighted by Crippen LogP contribution is -2.39. The average Bonchev–Trinajstić information content (AvgIpc) is 2.28. The van der Waals surface area contributed by atoms with E-state index in [1.807, 2.05) is 18.7 Å². The molecule has 0 atom stereocenters. The van der Waals surface area contributed by atoms with Gasteiger partial charge in [-0.2, -0.15) is 0 Å². The maximum atomic E-state index is 12.4. The molecule has 1 rings (SSSR count). The Hall–Kier alpha value is -1.22. The molecular weight excluding hydrogens is 248 g/mol. The third-order valence-corrected chi connectivity index (χ3v) is 3.03. The van der Waals surface area contributed by atoms with Crippen molar-refractivity contribution in [2.45, 2.75) is 33.7 Å². The minimum atomic E-state index is 0.00191. The highest BCUT2D eigenvalue weighted by molar-refractivity contribution is 6.33. The van der Waals surface area contributed by atoms with Crippen LogP contribution < -0.4 is 5.73 Å². The van der Waals surface area contributed by atoms with E-state index in [2.05, 4.69) is 13.8 Å². The quantitative estimate of drug-likeness (QED) is 0.851. The number of hydrogen-bond acceptors (Lipinski definition) is 2. The second kappa shape index (κ2) is 6.10. The summed E-state index contributed by atoms with van der Waals surface area (Å²) in [5.74, 6) is 0.433. The number of nitrogens with zero attached hydrogens (tertiary/aromatic N) is 1. The first-order valence-electron chi connectivity index (χ1n) is 6.19. The van der Waals surface area contributed by atoms with Crippen molar-refractivity contribution in [3.63, 3.8) is 0 Å². The highest BCUT2D eigenvalue weighted by atomic mass is 35.5. The fourth-order valence-electron chi connectivity index (χ4n) is 1.76. The fourth-order valence-corrected chi connectivity index (χ4v) is 1.88. The van der Waals surface area contributed by atoms with Gasteiger partial charge in [-0.1, -0.05) is 25.4 Å². The summed E-state index contributed by atoms with van der Waals surface area (Å²) in [6, 6.07) is 5.19. The number of carbonyl (C=O) groups is 1. The molecule has 0 unspecified atom stereocenters. The van der Waals surface area contributed by atoms with Crippen molar-refractivity contribution >= 4 is 23.2 Å². The molecule has 18 heavy (non-hydrogen) atoms. The summed E-state index contributed by atoms with van der Waals surface area (Å²) in [5, 5.41) is 0.478. The zero-order valence-electron chi connectivity index (χ0n) is 11.4. The molecular formula is C14H21ClN2O. The van der Waals surface area contributed by atoms with Crippen LogP contribution in [0.15, 0.2) is 18.2 Å². The van der Waals surface area contributed by atoms with Crippen LogP contribution in [0.5, 0.6) is 0 Å². The van der Waals surface area contributed by atoms with E-state index in [1.54, 1.807) is 18.2 Å². The SMILES string of the molecule is CC(C)CN(C(=O)c1ccc(Cl)c(N)c1)C(C)C. The minimum absolute atomic E-state index is 0.00191. The van der Waals surface area contributed by atoms with E-state index >= 15 is 0 Å². The Kier molecular flexibility index (Phi) is 5.03. The van der Waals surface area contributed by atoms with Gasteiger partial charge in [0.1, 0.15) is 0 Å². The van der Waals surface area contributed by atoms with Gasteiger partial charge < -0.3 is 10.6 Å². The summed E-state index contributed by atoms with van der Waals surface area (Å²) in [6.45, 7) is 8.95. The molecule has 1 aromatic rings. The van der Waals surface area contributed by atoms with E-state index in [0.29, 0.717) is 22.2 Å². The van der Waals surface area contributed by atoms with Gasteiger partial charge >= 0.3 is 0 Å². The Morgan fingerprint density at radius 3 is 2.39 bits per heavy atom. The first kappa shape index (κ1) is 14.8. The van der Waals surface area contributed by atoms with Gasteiger partial charge in [-0.05, 0) is 38.0 Å². The number of nitrogens with two attached hydrogens (primary N) is 1. The van der Waals surface area contributed by atoms with Crippen LogP contribution in [0.4, 0.5) is 5.69 Å². The average molecular weight is 269 g/mol. The summed E-state index contributed by atoms with van der Waals surface area (Å²) >= 11 is 5.86. The maximum Gasteiger partial charge on any atom is 0.254 e. The summed E-state index contributed by atoms with van der Waals surface area (Å²) in [5.41, 5.74) is 6.76. The number of carbonyl (C=O) groups excluding carboxylic acids is 1. The van der Waals surface area contributed by atoms with E-state index in [4.69, 9.17) is 17.3 Å². The van der Waals surface area contributed by atoms with Crippen molar-refractivity contribution in [2.24, 2.45) is 5.92 Å². The second-order valence-corrected chi connectivity index (χ2v) is 5.59. The fraction of sp³-hybridized carbons (Fsp3) is 0.500. The predicted octanol–water partition coefficient (Wildman–Crippen LogP) is 3.43. The summed E-state index contributed by atoms with van der Waals surface area (Å²) in [7, 11) is 0. The molecule has 0 aromatic heterocycles. The first-order chi connectivity index (χ1) is 8.32. The second-order valence-electron chi connectivity index (χ2n) is 5.18. The number of anilines is 1. The van der Waals surface area contributed by atoms with Crippen LogP contribution in [-0.2, 0) is 0 Å². The van der Waals surface area contributed by atoms with Crippen LogP contribution in [0.2, 0.25) is 5.02 Å². The molecule has 100 valence electrons. The van der Waals surface area contributed by atoms with E-state index in [0.717, 1.165) is 6.54 Å². The number of amides is 1. The molecule has 0 aliphatic rings. The number of halogens is 1. The monoisotopic (exact) mass is 268 g/mol. The van der Waals surface area contributed by atoms with Gasteiger partial charge in [0.05, 0.1) is 10.7 Å². The van der Waals surface area contributed by atoms with Crippen molar-refractivity contribution in [2.75, 3.05) is 12.3 Å². The zero-order valence-corrected chi connectivity index (χ0v) is 12.2. The number of nitrogen functional groups attached to an aromatic ring is 1. The van der Waals surface area contributed by atoms with Crippen LogP contribution in [0.25, 0.3) is 0 Å². The molecule has 0 spiro atoms. The standard InChI is InChI=1S/C14H21ClN2O/c1-9(2)8-17(10(3)4)14(18)11-5-6-12(15)13(16)7-11/h5-7,9-10H,8,16H2,1-4H3. The Morgan fingerprint density at radius 1 is 1.33 bits per heavy atom. The molecule has 2 N–H and O–H groups in total. The number of hydrogen-bond donors (Lipinski definition) is 1. The highest BCUT2D eigenvalue weighted by Gasteiger charge is 2.20. The Labute approximate surface area is 114 Å². The minimum Gasteiger partial charge on any atom is -0.398 e. The molecule has 0 aliphatic carbocycles. The lowest BCUT2D eigenvalue weighted by Gasteiger charge is -2.28. The third-order valence-electron chi connectivity index (χ3n) is 2.69. The van der Waals surface area contributed by atoms with Crippen LogP contribution in [0.3, 0.4) is 0 Å². The molecule has 0 fully saturated rings. The number of rotatable bonds is 4. The summed E-state index contributed by atoms with van der Waals surface area (Å²) < 4.78 is 0. The summed E-state index contributed by atoms with van der Waals surface area (Å²) in [4.78, 5) is 14.3. The van der Waals surface area contributed by atoms with Crippen molar-refractivity contribution in [1.82, 2.24) is 4.90 Å². The first-order valence-corrected chi connectivity index (χ1v) is 6.56. The topological polar surface area (TPSA) is 46.3 Å². The van der Waals surface area contributed by atoms with Gasteiger partial charge in [0, 0.05) is 18.2 Å². The van der Waals surface area contributed by atoms with E-state index in [9.17, 15) is 4.79 Å². The lowest BCUT2D eigenvalue weighted by molar-refractivity contribution is 0.0682. The normalized spacial score (nSPS) is 11.1. The van der Waals surface area contributed by atoms with Gasteiger partial charge in [-0.3, -0.25) is 4.79 Å². The Balaban J connectivity index is 2.98. The molecule has 1 aromatic carbocycles. The Bertz CT molecular complexity index is 430. The van der Waals surface area contributed by atoms with Crippen molar-refractivity contribution in [3.05, 3.63) is 28.8 Å². The zero-order chi connectivity index (χ0) is 13.9. The van der Waals surface area contributed by atoms with Gasteiger partial charge in [0.2, 0.25) is 0 Å². The maximum absolute atomic E-state index is 12.4. The van der Waals surface area contributed by atoms with Crippen LogP contribution in [0, 0.1) is 5.92 Å². The molecule has 0 saturated heterocycles. The largest absolute Gasteiger partial charge is 0.398 e. The molecule has 1 amide bonds. The smallest absolute Gasteiger partial charge is 0.254 e. The van der Waals surface area contributed by atoms with Crippen molar-refractivity contribution in [1.29, 1.82) is 0 Å². The molecule has 0 bridgehead atoms. The van der Waals surface area contributed by atoms with Crippen LogP contribution >= 0.6 is 11.6 Å². The third kappa shape index (κ3) is 3.64. The summed E-state index contributed by atoms with van der Waals surface area (Å²) in [6.07, 6.45) is 0. The molecule has 3 nitrogen and oxygen atoms in total. The molecule has 4 heteroatoms. The van der Waals surface area contributed by atoms with E-state index in [-0.39, 0.29) is 11.9 Å². The van der Waals surface area contributed by atoms with Gasteiger partial charge in [0.25, 0.3) is 5.91 Å². The number of benzene rings is 1. The van der Waals surface area contributed by atoms with Gasteiger partial charge in [-0.15, -0.1) is 0 Å². The van der Waals surface area contributed by atoms with Crippen LogP contribution in [0.1, 0.15) is 38.1 Å². The molecule has 0 saturated carbocycles. The van der Waals surface area contributed by atoms with E-state index < -0.39 is 0 Å². The molecule has 0 aliphatic heterocycles. The molecule has 0 heterocycles. The molecule has 0 radical (unpaired) electrons. The van der Waals surface area contributed by atoms with Crippen molar-refractivity contribution < 1.29 is 4.79 Å². The van der Waals surface area contributed by atoms with Gasteiger partial charge in [-0.25, -0.2) is 0 Å². The van der Waals surface area contributed by atoms with Gasteiger partial charge in [0.15, 0.2) is 0 Å². The highest BCUT2D eigenvalue weighted by Crippen LogP contribution is 2.21. The Morgan fingerprint density at radius 2 is 1.94 bits per heavy atom. The predicted molar refractivity (Wildman–Crippen MR) is 76.9 cm³/mol. The van der Waals surface area contributed by atoms with Crippen molar-refractivity contribution in [3.8, 4) is 0 Å². The van der Waals surface area contributed by atoms with E-state index in [1.165, 1.54) is 0 Å². The lowest BCUT2D eigenvalue weighted by atomic mass is 10.1.